The van der Waals surface area contributed by atoms with E-state index in [4.69, 9.17) is 10.5 Å². The van der Waals surface area contributed by atoms with E-state index in [-0.39, 0.29) is 5.92 Å². The number of imide groups is 1. The van der Waals surface area contributed by atoms with Crippen LogP contribution in [0.1, 0.15) is 24.2 Å². The van der Waals surface area contributed by atoms with Gasteiger partial charge >= 0.3 is 12.0 Å². The number of amides is 3. The van der Waals surface area contributed by atoms with Crippen LogP contribution in [0.3, 0.4) is 0 Å². The number of halogens is 1. The van der Waals surface area contributed by atoms with Gasteiger partial charge in [0.05, 0.1) is 5.56 Å². The number of carbonyl (C=O) groups excluding carboxylic acids is 3. The fraction of sp³-hybridized carbons (Fsp3) is 0.308. The number of carbonyl (C=O) groups is 3. The fourth-order valence-corrected chi connectivity index (χ4v) is 1.94. The monoisotopic (exact) mass is 342 g/mol. The third-order valence-corrected chi connectivity index (χ3v) is 3.13. The molecule has 3 amide bonds. The lowest BCUT2D eigenvalue weighted by Gasteiger charge is -2.20. The van der Waals surface area contributed by atoms with Gasteiger partial charge in [-0.05, 0) is 34.0 Å². The molecule has 1 atom stereocenters. The first-order valence-electron chi connectivity index (χ1n) is 5.88. The van der Waals surface area contributed by atoms with E-state index in [0.29, 0.717) is 10.0 Å². The Bertz CT molecular complexity index is 531. The zero-order valence-electron chi connectivity index (χ0n) is 11.1. The second kappa shape index (κ2) is 7.04. The largest absolute Gasteiger partial charge is 0.448 e. The number of rotatable bonds is 4. The molecule has 1 aromatic carbocycles. The fourth-order valence-electron chi connectivity index (χ4n) is 1.49. The Morgan fingerprint density at radius 2 is 1.85 bits per heavy atom. The van der Waals surface area contributed by atoms with Gasteiger partial charge < -0.3 is 10.5 Å². The van der Waals surface area contributed by atoms with Gasteiger partial charge in [0.15, 0.2) is 6.10 Å². The minimum atomic E-state index is -1.10. The number of nitrogens with one attached hydrogen (secondary N) is 1. The van der Waals surface area contributed by atoms with Crippen LogP contribution in [0.2, 0.25) is 0 Å². The Hall–Kier alpha value is -1.89. The van der Waals surface area contributed by atoms with Crippen molar-refractivity contribution in [1.29, 1.82) is 0 Å². The summed E-state index contributed by atoms with van der Waals surface area (Å²) in [6.07, 6.45) is -1.10. The number of ether oxygens (including phenoxy) is 1. The lowest BCUT2D eigenvalue weighted by molar-refractivity contribution is -0.130. The van der Waals surface area contributed by atoms with E-state index in [9.17, 15) is 14.4 Å². The third-order valence-electron chi connectivity index (χ3n) is 2.44. The van der Waals surface area contributed by atoms with Crippen LogP contribution >= 0.6 is 15.9 Å². The molecular weight excluding hydrogens is 328 g/mol. The van der Waals surface area contributed by atoms with Crippen molar-refractivity contribution in [2.45, 2.75) is 20.0 Å². The summed E-state index contributed by atoms with van der Waals surface area (Å²) in [6.45, 7) is 3.39. The van der Waals surface area contributed by atoms with Crippen molar-refractivity contribution in [3.8, 4) is 0 Å². The Morgan fingerprint density at radius 1 is 1.25 bits per heavy atom. The van der Waals surface area contributed by atoms with E-state index in [1.165, 1.54) is 0 Å². The van der Waals surface area contributed by atoms with Gasteiger partial charge in [0.25, 0.3) is 5.91 Å². The zero-order chi connectivity index (χ0) is 15.3. The van der Waals surface area contributed by atoms with Gasteiger partial charge in [-0.15, -0.1) is 0 Å². The maximum atomic E-state index is 12.0. The predicted octanol–water partition coefficient (Wildman–Crippen LogP) is 1.83. The molecule has 0 spiro atoms. The molecule has 0 aliphatic heterocycles. The molecule has 0 aliphatic carbocycles. The maximum absolute atomic E-state index is 12.0. The summed E-state index contributed by atoms with van der Waals surface area (Å²) in [5.41, 5.74) is 5.17. The number of urea groups is 1. The number of primary amides is 1. The van der Waals surface area contributed by atoms with Gasteiger partial charge in [-0.3, -0.25) is 10.1 Å². The predicted molar refractivity (Wildman–Crippen MR) is 75.9 cm³/mol. The van der Waals surface area contributed by atoms with Gasteiger partial charge in [-0.1, -0.05) is 26.0 Å². The van der Waals surface area contributed by atoms with Gasteiger partial charge in [0.1, 0.15) is 0 Å². The van der Waals surface area contributed by atoms with Crippen LogP contribution in [-0.4, -0.2) is 24.0 Å². The highest BCUT2D eigenvalue weighted by Gasteiger charge is 2.28. The molecule has 0 radical (unpaired) electrons. The van der Waals surface area contributed by atoms with Gasteiger partial charge in [0, 0.05) is 4.47 Å². The minimum Gasteiger partial charge on any atom is -0.448 e. The highest BCUT2D eigenvalue weighted by atomic mass is 79.9. The molecule has 1 rings (SSSR count). The van der Waals surface area contributed by atoms with E-state index in [1.807, 2.05) is 5.32 Å². The first kappa shape index (κ1) is 16.2. The van der Waals surface area contributed by atoms with Crippen molar-refractivity contribution in [1.82, 2.24) is 5.32 Å². The lowest BCUT2D eigenvalue weighted by atomic mass is 10.1. The van der Waals surface area contributed by atoms with E-state index in [2.05, 4.69) is 15.9 Å². The summed E-state index contributed by atoms with van der Waals surface area (Å²) < 4.78 is 5.71. The molecule has 0 unspecified atom stereocenters. The summed E-state index contributed by atoms with van der Waals surface area (Å²) in [4.78, 5) is 34.5. The van der Waals surface area contributed by atoms with Gasteiger partial charge in [0.2, 0.25) is 0 Å². The van der Waals surface area contributed by atoms with E-state index >= 15 is 0 Å². The number of hydrogen-bond acceptors (Lipinski definition) is 4. The second-order valence-electron chi connectivity index (χ2n) is 4.40. The summed E-state index contributed by atoms with van der Waals surface area (Å²) in [7, 11) is 0. The molecular formula is C13H15BrN2O4. The second-order valence-corrected chi connectivity index (χ2v) is 5.26. The van der Waals surface area contributed by atoms with Crippen molar-refractivity contribution in [2.75, 3.05) is 0 Å². The lowest BCUT2D eigenvalue weighted by Crippen LogP contribution is -2.45. The maximum Gasteiger partial charge on any atom is 0.340 e. The number of esters is 1. The van der Waals surface area contributed by atoms with E-state index in [1.54, 1.807) is 38.1 Å². The molecule has 0 aromatic heterocycles. The molecule has 108 valence electrons. The van der Waals surface area contributed by atoms with Crippen LogP contribution < -0.4 is 11.1 Å². The van der Waals surface area contributed by atoms with Crippen molar-refractivity contribution in [2.24, 2.45) is 11.7 Å². The molecule has 0 fully saturated rings. The molecule has 0 saturated heterocycles. The van der Waals surface area contributed by atoms with Crippen LogP contribution in [0.5, 0.6) is 0 Å². The van der Waals surface area contributed by atoms with Crippen molar-refractivity contribution in [3.05, 3.63) is 34.3 Å². The van der Waals surface area contributed by atoms with Crippen LogP contribution in [0.4, 0.5) is 4.79 Å². The number of hydrogen-bond donors (Lipinski definition) is 2. The first-order chi connectivity index (χ1) is 9.32. The number of benzene rings is 1. The summed E-state index contributed by atoms with van der Waals surface area (Å²) >= 11 is 3.23. The molecule has 0 aliphatic rings. The molecule has 0 heterocycles. The van der Waals surface area contributed by atoms with Gasteiger partial charge in [-0.25, -0.2) is 9.59 Å². The van der Waals surface area contributed by atoms with Crippen LogP contribution in [0.15, 0.2) is 28.7 Å². The van der Waals surface area contributed by atoms with Crippen LogP contribution in [0.25, 0.3) is 0 Å². The Kier molecular flexibility index (Phi) is 5.69. The normalized spacial score (nSPS) is 11.8. The highest BCUT2D eigenvalue weighted by Crippen LogP contribution is 2.19. The van der Waals surface area contributed by atoms with E-state index in [0.717, 1.165) is 0 Å². The average molecular weight is 343 g/mol. The topological polar surface area (TPSA) is 98.5 Å². The smallest absolute Gasteiger partial charge is 0.340 e. The highest BCUT2D eigenvalue weighted by molar-refractivity contribution is 9.10. The zero-order valence-corrected chi connectivity index (χ0v) is 12.6. The number of nitrogens with two attached hydrogens (primary N) is 1. The van der Waals surface area contributed by atoms with Crippen LogP contribution in [-0.2, 0) is 9.53 Å². The summed E-state index contributed by atoms with van der Waals surface area (Å²) in [5.74, 6) is -1.70. The minimum absolute atomic E-state index is 0.296. The van der Waals surface area contributed by atoms with E-state index < -0.39 is 24.0 Å². The Morgan fingerprint density at radius 3 is 2.35 bits per heavy atom. The molecule has 0 bridgehead atoms. The molecule has 0 saturated carbocycles. The summed E-state index contributed by atoms with van der Waals surface area (Å²) in [5, 5.41) is 1.91. The summed E-state index contributed by atoms with van der Waals surface area (Å²) in [6, 6.07) is 5.69. The SMILES string of the molecule is CC(C)[C@@H](OC(=O)c1ccccc1Br)C(=O)NC(N)=O. The Labute approximate surface area is 124 Å². The van der Waals surface area contributed by atoms with Gasteiger partial charge in [-0.2, -0.15) is 0 Å². The van der Waals surface area contributed by atoms with Crippen molar-refractivity contribution in [3.63, 3.8) is 0 Å². The molecule has 6 nitrogen and oxygen atoms in total. The molecule has 7 heteroatoms. The van der Waals surface area contributed by atoms with Crippen molar-refractivity contribution < 1.29 is 19.1 Å². The molecule has 20 heavy (non-hydrogen) atoms. The average Bonchev–Trinajstić information content (AvgIpc) is 2.34. The standard InChI is InChI=1S/C13H15BrN2O4/c1-7(2)10(11(17)16-13(15)19)20-12(18)8-5-3-4-6-9(8)14/h3-7,10H,1-2H3,(H3,15,16,17,19)/t10-/m1/s1. The Balaban J connectivity index is 2.86. The van der Waals surface area contributed by atoms with Crippen LogP contribution in [0, 0.1) is 5.92 Å². The van der Waals surface area contributed by atoms with Crippen molar-refractivity contribution >= 4 is 33.8 Å². The molecule has 1 aromatic rings. The molecule has 3 N–H and O–H groups in total. The quantitative estimate of drug-likeness (QED) is 0.815. The first-order valence-corrected chi connectivity index (χ1v) is 6.68. The third kappa shape index (κ3) is 4.34.